The van der Waals surface area contributed by atoms with Gasteiger partial charge in [-0.1, -0.05) is 30.3 Å². The first-order chi connectivity index (χ1) is 9.88. The maximum Gasteiger partial charge on any atom is 0.165 e. The van der Waals surface area contributed by atoms with E-state index in [1.807, 2.05) is 19.4 Å². The highest BCUT2D eigenvalue weighted by Gasteiger charge is 2.08. The molecule has 0 unspecified atom stereocenters. The highest BCUT2D eigenvalue weighted by Crippen LogP contribution is 2.17. The molecule has 0 aliphatic carbocycles. The summed E-state index contributed by atoms with van der Waals surface area (Å²) < 4.78 is 2.08. The molecule has 0 atom stereocenters. The number of imidazole rings is 1. The summed E-state index contributed by atoms with van der Waals surface area (Å²) >= 11 is 0. The van der Waals surface area contributed by atoms with Gasteiger partial charge >= 0.3 is 0 Å². The number of benzene rings is 1. The first-order valence-corrected chi connectivity index (χ1v) is 6.76. The van der Waals surface area contributed by atoms with Crippen LogP contribution in [0.15, 0.2) is 43.0 Å². The molecular weight excluding hydrogens is 250 g/mol. The van der Waals surface area contributed by atoms with Crippen LogP contribution in [-0.4, -0.2) is 26.6 Å². The third-order valence-corrected chi connectivity index (χ3v) is 3.35. The van der Waals surface area contributed by atoms with Crippen LogP contribution < -0.4 is 5.32 Å². The van der Waals surface area contributed by atoms with Crippen LogP contribution in [0.1, 0.15) is 12.0 Å². The number of hydrogen-bond donors (Lipinski definition) is 1. The lowest BCUT2D eigenvalue weighted by molar-refractivity contribution is 0.652. The van der Waals surface area contributed by atoms with Gasteiger partial charge in [0.25, 0.3) is 0 Å². The van der Waals surface area contributed by atoms with Crippen LogP contribution in [0.3, 0.4) is 0 Å². The molecule has 0 fully saturated rings. The lowest BCUT2D eigenvalue weighted by atomic mass is 10.1. The van der Waals surface area contributed by atoms with Gasteiger partial charge in [0.2, 0.25) is 0 Å². The van der Waals surface area contributed by atoms with E-state index in [4.69, 9.17) is 0 Å². The third kappa shape index (κ3) is 2.47. The fourth-order valence-electron chi connectivity index (χ4n) is 2.33. The Bertz CT molecular complexity index is 690. The Morgan fingerprint density at radius 3 is 2.75 bits per heavy atom. The van der Waals surface area contributed by atoms with E-state index in [1.54, 1.807) is 6.33 Å². The van der Waals surface area contributed by atoms with Crippen LogP contribution in [0.5, 0.6) is 0 Å². The second-order valence-corrected chi connectivity index (χ2v) is 4.67. The van der Waals surface area contributed by atoms with Crippen molar-refractivity contribution in [2.24, 2.45) is 0 Å². The number of anilines is 1. The minimum absolute atomic E-state index is 0.775. The summed E-state index contributed by atoms with van der Waals surface area (Å²) in [6.45, 7) is 0.908. The normalized spacial score (nSPS) is 10.8. The topological polar surface area (TPSA) is 55.6 Å². The second kappa shape index (κ2) is 5.69. The molecule has 1 N–H and O–H groups in total. The Morgan fingerprint density at radius 1 is 1.10 bits per heavy atom. The summed E-state index contributed by atoms with van der Waals surface area (Å²) in [5.74, 6) is 0.775. The molecule has 0 aliphatic heterocycles. The standard InChI is InChI=1S/C15H17N5/c1-16-14-13-15(18-10-17-14)20(11-19-13)9-5-8-12-6-3-2-4-7-12/h2-4,6-7,10-11H,5,8-9H2,1H3,(H,16,17,18). The lowest BCUT2D eigenvalue weighted by Gasteiger charge is -2.04. The minimum Gasteiger partial charge on any atom is -0.371 e. The summed E-state index contributed by atoms with van der Waals surface area (Å²) in [6, 6.07) is 10.5. The SMILES string of the molecule is CNc1ncnc2c1ncn2CCCc1ccccc1. The molecule has 20 heavy (non-hydrogen) atoms. The molecule has 3 aromatic rings. The molecule has 0 saturated heterocycles. The maximum absolute atomic E-state index is 4.39. The van der Waals surface area contributed by atoms with Gasteiger partial charge in [0, 0.05) is 13.6 Å². The van der Waals surface area contributed by atoms with Crippen molar-refractivity contribution in [2.75, 3.05) is 12.4 Å². The van der Waals surface area contributed by atoms with Crippen molar-refractivity contribution in [1.82, 2.24) is 19.5 Å². The second-order valence-electron chi connectivity index (χ2n) is 4.67. The summed E-state index contributed by atoms with van der Waals surface area (Å²) in [5, 5.41) is 3.04. The molecule has 0 saturated carbocycles. The first kappa shape index (κ1) is 12.6. The monoisotopic (exact) mass is 267 g/mol. The number of aromatic nitrogens is 4. The van der Waals surface area contributed by atoms with Gasteiger partial charge in [0.05, 0.1) is 6.33 Å². The quantitative estimate of drug-likeness (QED) is 0.771. The molecule has 0 spiro atoms. The molecule has 5 heteroatoms. The largest absolute Gasteiger partial charge is 0.371 e. The van der Waals surface area contributed by atoms with E-state index in [-0.39, 0.29) is 0 Å². The van der Waals surface area contributed by atoms with Gasteiger partial charge in [-0.25, -0.2) is 15.0 Å². The molecule has 102 valence electrons. The van der Waals surface area contributed by atoms with Crippen LogP contribution in [0.2, 0.25) is 0 Å². The average Bonchev–Trinajstić information content (AvgIpc) is 2.92. The molecular formula is C15H17N5. The van der Waals surface area contributed by atoms with Crippen molar-refractivity contribution >= 4 is 17.0 Å². The van der Waals surface area contributed by atoms with Crippen LogP contribution >= 0.6 is 0 Å². The Kier molecular flexibility index (Phi) is 3.58. The fraction of sp³-hybridized carbons (Fsp3) is 0.267. The Labute approximate surface area is 117 Å². The Balaban J connectivity index is 1.72. The number of nitrogens with zero attached hydrogens (tertiary/aromatic N) is 4. The number of fused-ring (bicyclic) bond motifs is 1. The third-order valence-electron chi connectivity index (χ3n) is 3.35. The summed E-state index contributed by atoms with van der Waals surface area (Å²) in [7, 11) is 1.84. The molecule has 0 radical (unpaired) electrons. The summed E-state index contributed by atoms with van der Waals surface area (Å²) in [4.78, 5) is 12.9. The van der Waals surface area contributed by atoms with Crippen LogP contribution in [0.4, 0.5) is 5.82 Å². The van der Waals surface area contributed by atoms with Crippen molar-refractivity contribution in [3.05, 3.63) is 48.5 Å². The van der Waals surface area contributed by atoms with Gasteiger partial charge < -0.3 is 9.88 Å². The van der Waals surface area contributed by atoms with Crippen molar-refractivity contribution < 1.29 is 0 Å². The highest BCUT2D eigenvalue weighted by molar-refractivity contribution is 5.82. The predicted octanol–water partition coefficient (Wildman–Crippen LogP) is 2.50. The maximum atomic E-state index is 4.39. The van der Waals surface area contributed by atoms with E-state index in [9.17, 15) is 0 Å². The number of rotatable bonds is 5. The van der Waals surface area contributed by atoms with E-state index in [0.29, 0.717) is 0 Å². The molecule has 1 aromatic carbocycles. The van der Waals surface area contributed by atoms with Gasteiger partial charge in [-0.3, -0.25) is 0 Å². The van der Waals surface area contributed by atoms with Gasteiger partial charge in [-0.2, -0.15) is 0 Å². The van der Waals surface area contributed by atoms with Crippen molar-refractivity contribution in [1.29, 1.82) is 0 Å². The number of nitrogens with one attached hydrogen (secondary N) is 1. The zero-order valence-corrected chi connectivity index (χ0v) is 11.5. The highest BCUT2D eigenvalue weighted by atomic mass is 15.1. The van der Waals surface area contributed by atoms with Gasteiger partial charge in [-0.05, 0) is 18.4 Å². The van der Waals surface area contributed by atoms with E-state index in [0.717, 1.165) is 36.4 Å². The van der Waals surface area contributed by atoms with Crippen molar-refractivity contribution in [3.8, 4) is 0 Å². The predicted molar refractivity (Wildman–Crippen MR) is 79.6 cm³/mol. The first-order valence-electron chi connectivity index (χ1n) is 6.76. The minimum atomic E-state index is 0.775. The van der Waals surface area contributed by atoms with Crippen molar-refractivity contribution in [2.45, 2.75) is 19.4 Å². The molecule has 3 rings (SSSR count). The zero-order valence-electron chi connectivity index (χ0n) is 11.5. The van der Waals surface area contributed by atoms with E-state index < -0.39 is 0 Å². The van der Waals surface area contributed by atoms with Gasteiger partial charge in [-0.15, -0.1) is 0 Å². The molecule has 0 amide bonds. The van der Waals surface area contributed by atoms with Crippen LogP contribution in [0.25, 0.3) is 11.2 Å². The zero-order chi connectivity index (χ0) is 13.8. The van der Waals surface area contributed by atoms with E-state index in [2.05, 4.69) is 49.1 Å². The average molecular weight is 267 g/mol. The van der Waals surface area contributed by atoms with Gasteiger partial charge in [0.1, 0.15) is 11.8 Å². The fourth-order valence-corrected chi connectivity index (χ4v) is 2.33. The Morgan fingerprint density at radius 2 is 1.95 bits per heavy atom. The van der Waals surface area contributed by atoms with Gasteiger partial charge in [0.15, 0.2) is 11.5 Å². The molecule has 2 aromatic heterocycles. The van der Waals surface area contributed by atoms with Crippen LogP contribution in [0, 0.1) is 0 Å². The van der Waals surface area contributed by atoms with E-state index in [1.165, 1.54) is 5.56 Å². The van der Waals surface area contributed by atoms with Crippen LogP contribution in [-0.2, 0) is 13.0 Å². The number of hydrogen-bond acceptors (Lipinski definition) is 4. The molecule has 0 bridgehead atoms. The lowest BCUT2D eigenvalue weighted by Crippen LogP contribution is -2.00. The number of aryl methyl sites for hydroxylation is 2. The van der Waals surface area contributed by atoms with Crippen molar-refractivity contribution in [3.63, 3.8) is 0 Å². The summed E-state index contributed by atoms with van der Waals surface area (Å²) in [5.41, 5.74) is 3.08. The summed E-state index contributed by atoms with van der Waals surface area (Å²) in [6.07, 6.45) is 5.54. The molecule has 0 aliphatic rings. The molecule has 5 nitrogen and oxygen atoms in total. The smallest absolute Gasteiger partial charge is 0.165 e. The van der Waals surface area contributed by atoms with E-state index >= 15 is 0 Å². The Hall–Kier alpha value is -2.43. The molecule has 2 heterocycles.